The molecule has 1 aliphatic rings. The number of hydroxylamine groups is 2. The predicted molar refractivity (Wildman–Crippen MR) is 89.6 cm³/mol. The maximum Gasteiger partial charge on any atom is 0.373 e. The van der Waals surface area contributed by atoms with Crippen molar-refractivity contribution < 1.29 is 24.0 Å². The van der Waals surface area contributed by atoms with Crippen LogP contribution in [0, 0.1) is 0 Å². The van der Waals surface area contributed by atoms with Gasteiger partial charge in [-0.05, 0) is 37.3 Å². The molecule has 6 nitrogen and oxygen atoms in total. The Hall–Kier alpha value is -2.57. The number of amides is 2. The number of halogens is 2. The van der Waals surface area contributed by atoms with E-state index in [4.69, 9.17) is 32.8 Å². The summed E-state index contributed by atoms with van der Waals surface area (Å²) >= 11 is 11.7. The molecule has 3 rings (SSSR count). The number of ether oxygens (including phenoxy) is 1. The zero-order valence-electron chi connectivity index (χ0n) is 12.9. The molecule has 1 unspecified atom stereocenters. The fourth-order valence-electron chi connectivity index (χ4n) is 2.26. The van der Waals surface area contributed by atoms with Crippen molar-refractivity contribution >= 4 is 41.0 Å². The van der Waals surface area contributed by atoms with Crippen molar-refractivity contribution in [2.75, 3.05) is 0 Å². The number of fused-ring (bicyclic) bond motifs is 1. The topological polar surface area (TPSA) is 72.9 Å². The Morgan fingerprint density at radius 1 is 1.00 bits per heavy atom. The van der Waals surface area contributed by atoms with Gasteiger partial charge in [0, 0.05) is 10.0 Å². The Kier molecular flexibility index (Phi) is 4.65. The van der Waals surface area contributed by atoms with Gasteiger partial charge in [-0.2, -0.15) is 0 Å². The minimum atomic E-state index is -1.10. The van der Waals surface area contributed by atoms with Crippen LogP contribution in [0.4, 0.5) is 0 Å². The predicted octanol–water partition coefficient (Wildman–Crippen LogP) is 3.52. The smallest absolute Gasteiger partial charge is 0.373 e. The van der Waals surface area contributed by atoms with Gasteiger partial charge in [-0.15, -0.1) is 0 Å². The third-order valence-electron chi connectivity index (χ3n) is 3.42. The summed E-state index contributed by atoms with van der Waals surface area (Å²) in [5.74, 6) is -2.06. The van der Waals surface area contributed by atoms with E-state index in [0.29, 0.717) is 15.1 Å². The van der Waals surface area contributed by atoms with Crippen molar-refractivity contribution in [2.45, 2.75) is 13.0 Å². The Bertz CT molecular complexity index is 828. The Morgan fingerprint density at radius 2 is 1.52 bits per heavy atom. The van der Waals surface area contributed by atoms with Gasteiger partial charge in [0.05, 0.1) is 11.1 Å². The molecular formula is C17H11Cl2NO5. The van der Waals surface area contributed by atoms with Crippen LogP contribution >= 0.6 is 23.2 Å². The van der Waals surface area contributed by atoms with E-state index in [0.717, 1.165) is 0 Å². The first-order chi connectivity index (χ1) is 11.9. The van der Waals surface area contributed by atoms with Gasteiger partial charge in [0.25, 0.3) is 11.8 Å². The van der Waals surface area contributed by atoms with E-state index in [1.807, 2.05) is 0 Å². The first-order valence-corrected chi connectivity index (χ1v) is 7.95. The van der Waals surface area contributed by atoms with E-state index < -0.39 is 23.9 Å². The van der Waals surface area contributed by atoms with Crippen LogP contribution in [0.1, 0.15) is 27.6 Å². The molecule has 2 amide bonds. The lowest BCUT2D eigenvalue weighted by Gasteiger charge is -2.17. The second kappa shape index (κ2) is 6.74. The molecule has 2 aromatic carbocycles. The van der Waals surface area contributed by atoms with Crippen molar-refractivity contribution in [1.29, 1.82) is 0 Å². The number of carbonyl (C=O) groups is 3. The van der Waals surface area contributed by atoms with E-state index in [1.165, 1.54) is 37.3 Å². The molecule has 2 aromatic rings. The molecular weight excluding hydrogens is 369 g/mol. The lowest BCUT2D eigenvalue weighted by Crippen LogP contribution is -2.37. The van der Waals surface area contributed by atoms with Crippen LogP contribution in [0.2, 0.25) is 10.0 Å². The average Bonchev–Trinajstić information content (AvgIpc) is 2.79. The Morgan fingerprint density at radius 3 is 2.04 bits per heavy atom. The van der Waals surface area contributed by atoms with E-state index in [2.05, 4.69) is 0 Å². The molecule has 1 heterocycles. The second-order valence-corrected chi connectivity index (χ2v) is 6.10. The van der Waals surface area contributed by atoms with Gasteiger partial charge in [0.1, 0.15) is 5.75 Å². The lowest BCUT2D eigenvalue weighted by molar-refractivity contribution is -0.176. The second-order valence-electron chi connectivity index (χ2n) is 5.23. The number of imide groups is 1. The van der Waals surface area contributed by atoms with Crippen molar-refractivity contribution in [1.82, 2.24) is 5.06 Å². The number of nitrogens with zero attached hydrogens (tertiary/aromatic N) is 1. The lowest BCUT2D eigenvalue weighted by atomic mass is 10.1. The molecule has 0 spiro atoms. The van der Waals surface area contributed by atoms with Gasteiger partial charge in [0.15, 0.2) is 6.10 Å². The molecule has 25 heavy (non-hydrogen) atoms. The molecule has 0 aromatic heterocycles. The van der Waals surface area contributed by atoms with Crippen LogP contribution in [-0.2, 0) is 9.63 Å². The molecule has 0 saturated heterocycles. The molecule has 0 saturated carbocycles. The molecule has 128 valence electrons. The van der Waals surface area contributed by atoms with Gasteiger partial charge >= 0.3 is 5.97 Å². The highest BCUT2D eigenvalue weighted by Gasteiger charge is 2.39. The van der Waals surface area contributed by atoms with E-state index in [9.17, 15) is 14.4 Å². The summed E-state index contributed by atoms with van der Waals surface area (Å²) in [6.45, 7) is 1.41. The summed E-state index contributed by atoms with van der Waals surface area (Å²) in [6.07, 6.45) is -1.10. The zero-order valence-corrected chi connectivity index (χ0v) is 14.4. The number of hydrogen-bond donors (Lipinski definition) is 0. The fraction of sp³-hybridized carbons (Fsp3) is 0.118. The molecule has 8 heteroatoms. The number of benzene rings is 2. The van der Waals surface area contributed by atoms with Crippen LogP contribution in [-0.4, -0.2) is 29.0 Å². The minimum Gasteiger partial charge on any atom is -0.479 e. The number of hydrogen-bond acceptors (Lipinski definition) is 5. The highest BCUT2D eigenvalue weighted by atomic mass is 35.5. The van der Waals surface area contributed by atoms with Crippen LogP contribution in [0.5, 0.6) is 5.75 Å². The number of rotatable bonds is 4. The first kappa shape index (κ1) is 17.3. The molecule has 0 N–H and O–H groups in total. The SMILES string of the molecule is CC(Oc1cc(Cl)cc(Cl)c1)C(=O)ON1C(=O)c2ccccc2C1=O. The van der Waals surface area contributed by atoms with Crippen LogP contribution in [0.3, 0.4) is 0 Å². The third kappa shape index (κ3) is 3.45. The standard InChI is InChI=1S/C17H11Cl2NO5/c1-9(24-12-7-10(18)6-11(19)8-12)17(23)25-20-15(21)13-4-2-3-5-14(13)16(20)22/h2-9H,1H3. The van der Waals surface area contributed by atoms with Crippen molar-refractivity contribution in [3.8, 4) is 5.75 Å². The van der Waals surface area contributed by atoms with Crippen LogP contribution in [0.15, 0.2) is 42.5 Å². The molecule has 0 fully saturated rings. The van der Waals surface area contributed by atoms with E-state index in [1.54, 1.807) is 12.1 Å². The summed E-state index contributed by atoms with van der Waals surface area (Å²) in [5, 5.41) is 1.10. The van der Waals surface area contributed by atoms with E-state index >= 15 is 0 Å². The summed E-state index contributed by atoms with van der Waals surface area (Å²) in [4.78, 5) is 41.4. The maximum atomic E-state index is 12.2. The van der Waals surface area contributed by atoms with Crippen LogP contribution < -0.4 is 4.74 Å². The normalized spacial score (nSPS) is 14.3. The van der Waals surface area contributed by atoms with E-state index in [-0.39, 0.29) is 16.9 Å². The quantitative estimate of drug-likeness (QED) is 0.759. The zero-order chi connectivity index (χ0) is 18.1. The molecule has 0 radical (unpaired) electrons. The largest absolute Gasteiger partial charge is 0.479 e. The van der Waals surface area contributed by atoms with Crippen molar-refractivity contribution in [3.63, 3.8) is 0 Å². The fourth-order valence-corrected chi connectivity index (χ4v) is 2.77. The molecule has 0 aliphatic carbocycles. The van der Waals surface area contributed by atoms with Gasteiger partial charge in [-0.3, -0.25) is 9.59 Å². The maximum absolute atomic E-state index is 12.2. The summed E-state index contributed by atoms with van der Waals surface area (Å²) in [5.41, 5.74) is 0.353. The van der Waals surface area contributed by atoms with Gasteiger partial charge in [0.2, 0.25) is 0 Å². The summed E-state index contributed by atoms with van der Waals surface area (Å²) in [7, 11) is 0. The molecule has 0 bridgehead atoms. The van der Waals surface area contributed by atoms with Crippen LogP contribution in [0.25, 0.3) is 0 Å². The van der Waals surface area contributed by atoms with Gasteiger partial charge < -0.3 is 9.57 Å². The molecule has 1 atom stereocenters. The van der Waals surface area contributed by atoms with Gasteiger partial charge in [-0.1, -0.05) is 40.4 Å². The summed E-state index contributed by atoms with van der Waals surface area (Å²) < 4.78 is 5.40. The first-order valence-electron chi connectivity index (χ1n) is 7.19. The minimum absolute atomic E-state index is 0.176. The Labute approximate surface area is 152 Å². The highest BCUT2D eigenvalue weighted by molar-refractivity contribution is 6.34. The monoisotopic (exact) mass is 379 g/mol. The average molecular weight is 380 g/mol. The highest BCUT2D eigenvalue weighted by Crippen LogP contribution is 2.26. The summed E-state index contributed by atoms with van der Waals surface area (Å²) in [6, 6.07) is 10.7. The number of carbonyl (C=O) groups excluding carboxylic acids is 3. The third-order valence-corrected chi connectivity index (χ3v) is 3.86. The molecule has 1 aliphatic heterocycles. The van der Waals surface area contributed by atoms with Crippen molar-refractivity contribution in [3.05, 3.63) is 63.6 Å². The Balaban J connectivity index is 1.70. The van der Waals surface area contributed by atoms with Crippen molar-refractivity contribution in [2.24, 2.45) is 0 Å². The van der Waals surface area contributed by atoms with Gasteiger partial charge in [-0.25, -0.2) is 4.79 Å².